The van der Waals surface area contributed by atoms with Gasteiger partial charge >= 0.3 is 6.18 Å². The number of benzene rings is 1. The van der Waals surface area contributed by atoms with Crippen molar-refractivity contribution >= 4 is 11.8 Å². The van der Waals surface area contributed by atoms with E-state index in [0.717, 1.165) is 11.1 Å². The second-order valence-corrected chi connectivity index (χ2v) is 4.97. The third kappa shape index (κ3) is 3.29. The van der Waals surface area contributed by atoms with Crippen LogP contribution in [0.4, 0.5) is 19.1 Å². The molecule has 0 bridgehead atoms. The number of carbonyl (C=O) groups is 1. The third-order valence-corrected chi connectivity index (χ3v) is 3.12. The number of rotatable bonds is 3. The largest absolute Gasteiger partial charge is 0.436 e. The fourth-order valence-electron chi connectivity index (χ4n) is 1.88. The van der Waals surface area contributed by atoms with E-state index in [1.54, 1.807) is 12.1 Å². The Morgan fingerprint density at radius 3 is 2.42 bits per heavy atom. The summed E-state index contributed by atoms with van der Waals surface area (Å²) in [7, 11) is 0. The van der Waals surface area contributed by atoms with Crippen LogP contribution in [-0.4, -0.2) is 16.2 Å². The molecule has 0 aliphatic rings. The van der Waals surface area contributed by atoms with Gasteiger partial charge < -0.3 is 9.05 Å². The van der Waals surface area contributed by atoms with Crippen molar-refractivity contribution in [1.29, 1.82) is 0 Å². The van der Waals surface area contributed by atoms with E-state index in [1.807, 2.05) is 19.1 Å². The first-order valence-corrected chi connectivity index (χ1v) is 6.72. The number of carbonyl (C=O) groups excluding carboxylic acids is 1. The number of aromatic nitrogens is 2. The normalized spacial score (nSPS) is 11.5. The number of halogens is 3. The number of nitrogens with one attached hydrogen (secondary N) is 1. The van der Waals surface area contributed by atoms with Gasteiger partial charge in [-0.25, -0.2) is 0 Å². The monoisotopic (exact) mass is 337 g/mol. The Balaban J connectivity index is 1.74. The number of alkyl halides is 3. The molecule has 1 N–H and O–H groups in total. The van der Waals surface area contributed by atoms with Gasteiger partial charge in [0, 0.05) is 17.7 Å². The highest BCUT2D eigenvalue weighted by molar-refractivity contribution is 6.01. The molecule has 0 saturated carbocycles. The van der Waals surface area contributed by atoms with E-state index < -0.39 is 23.7 Å². The van der Waals surface area contributed by atoms with Gasteiger partial charge in [0.05, 0.1) is 0 Å². The van der Waals surface area contributed by atoms with Crippen molar-refractivity contribution < 1.29 is 27.0 Å². The maximum absolute atomic E-state index is 12.4. The molecule has 0 spiro atoms. The first-order chi connectivity index (χ1) is 11.3. The highest BCUT2D eigenvalue weighted by atomic mass is 19.4. The van der Waals surface area contributed by atoms with Crippen LogP contribution < -0.4 is 5.32 Å². The minimum absolute atomic E-state index is 0.171. The standard InChI is InChI=1S/C15H10F3N3O3/c1-8-2-4-9(5-3-8)10-6-11(23-20-10)14(22)19-13-7-12(21-24-13)15(16,17)18/h2-7H,1H3,(H,19,22). The van der Waals surface area contributed by atoms with E-state index in [2.05, 4.69) is 20.2 Å². The van der Waals surface area contributed by atoms with Gasteiger partial charge in [-0.05, 0) is 6.92 Å². The van der Waals surface area contributed by atoms with E-state index in [1.165, 1.54) is 6.07 Å². The number of hydrogen-bond donors (Lipinski definition) is 1. The molecule has 3 aromatic rings. The smallest absolute Gasteiger partial charge is 0.350 e. The van der Waals surface area contributed by atoms with Crippen LogP contribution in [0.2, 0.25) is 0 Å². The van der Waals surface area contributed by atoms with Crippen molar-refractivity contribution in [2.45, 2.75) is 13.1 Å². The van der Waals surface area contributed by atoms with Crippen LogP contribution in [0.5, 0.6) is 0 Å². The van der Waals surface area contributed by atoms with Crippen molar-refractivity contribution in [3.8, 4) is 11.3 Å². The molecule has 3 rings (SSSR count). The summed E-state index contributed by atoms with van der Waals surface area (Å²) in [5.41, 5.74) is 0.984. The predicted molar refractivity (Wildman–Crippen MR) is 76.1 cm³/mol. The van der Waals surface area contributed by atoms with Gasteiger partial charge in [0.1, 0.15) is 5.69 Å². The molecular formula is C15H10F3N3O3. The molecule has 9 heteroatoms. The van der Waals surface area contributed by atoms with Gasteiger partial charge in [0.15, 0.2) is 5.69 Å². The van der Waals surface area contributed by atoms with E-state index in [0.29, 0.717) is 11.8 Å². The average Bonchev–Trinajstić information content (AvgIpc) is 3.16. The minimum atomic E-state index is -4.66. The maximum atomic E-state index is 12.4. The topological polar surface area (TPSA) is 81.2 Å². The highest BCUT2D eigenvalue weighted by Crippen LogP contribution is 2.30. The first-order valence-electron chi connectivity index (χ1n) is 6.72. The quantitative estimate of drug-likeness (QED) is 0.784. The van der Waals surface area contributed by atoms with E-state index >= 15 is 0 Å². The van der Waals surface area contributed by atoms with Crippen LogP contribution in [0.25, 0.3) is 11.3 Å². The average molecular weight is 337 g/mol. The Labute approximate surface area is 133 Å². The molecule has 0 aliphatic heterocycles. The lowest BCUT2D eigenvalue weighted by molar-refractivity contribution is -0.142. The molecule has 2 aromatic heterocycles. The molecule has 24 heavy (non-hydrogen) atoms. The van der Waals surface area contributed by atoms with Crippen LogP contribution in [0.3, 0.4) is 0 Å². The zero-order chi connectivity index (χ0) is 17.3. The molecule has 1 aromatic carbocycles. The number of aryl methyl sites for hydroxylation is 1. The van der Waals surface area contributed by atoms with Gasteiger partial charge in [0.2, 0.25) is 11.6 Å². The second kappa shape index (κ2) is 5.84. The third-order valence-electron chi connectivity index (χ3n) is 3.12. The lowest BCUT2D eigenvalue weighted by Gasteiger charge is -1.97. The molecule has 1 amide bonds. The van der Waals surface area contributed by atoms with Crippen LogP contribution in [0, 0.1) is 6.92 Å². The Morgan fingerprint density at radius 1 is 1.08 bits per heavy atom. The number of anilines is 1. The molecule has 124 valence electrons. The van der Waals surface area contributed by atoms with Crippen molar-refractivity contribution in [1.82, 2.24) is 10.3 Å². The molecule has 0 aliphatic carbocycles. The molecule has 0 fully saturated rings. The van der Waals surface area contributed by atoms with E-state index in [4.69, 9.17) is 4.52 Å². The Hall–Kier alpha value is -3.10. The van der Waals surface area contributed by atoms with E-state index in [-0.39, 0.29) is 5.76 Å². The lowest BCUT2D eigenvalue weighted by Crippen LogP contribution is -2.10. The zero-order valence-corrected chi connectivity index (χ0v) is 12.2. The van der Waals surface area contributed by atoms with Gasteiger partial charge in [-0.3, -0.25) is 10.1 Å². The summed E-state index contributed by atoms with van der Waals surface area (Å²) in [5, 5.41) is 8.72. The van der Waals surface area contributed by atoms with Crippen molar-refractivity contribution in [3.05, 3.63) is 53.4 Å². The maximum Gasteiger partial charge on any atom is 0.436 e. The SMILES string of the molecule is Cc1ccc(-c2cc(C(=O)Nc3cc(C(F)(F)F)no3)on2)cc1. The number of hydrogen-bond acceptors (Lipinski definition) is 5. The summed E-state index contributed by atoms with van der Waals surface area (Å²) >= 11 is 0. The summed E-state index contributed by atoms with van der Waals surface area (Å²) in [6.45, 7) is 1.93. The summed E-state index contributed by atoms with van der Waals surface area (Å²) in [6.07, 6.45) is -4.66. The Bertz CT molecular complexity index is 866. The zero-order valence-electron chi connectivity index (χ0n) is 12.2. The molecule has 6 nitrogen and oxygen atoms in total. The molecule has 0 radical (unpaired) electrons. The molecule has 0 saturated heterocycles. The minimum Gasteiger partial charge on any atom is -0.350 e. The number of amides is 1. The summed E-state index contributed by atoms with van der Waals surface area (Å²) in [6, 6.07) is 9.31. The predicted octanol–water partition coefficient (Wildman–Crippen LogP) is 3.91. The van der Waals surface area contributed by atoms with Gasteiger partial charge in [-0.15, -0.1) is 0 Å². The lowest BCUT2D eigenvalue weighted by atomic mass is 10.1. The Kier molecular flexibility index (Phi) is 3.84. The number of nitrogens with zero attached hydrogens (tertiary/aromatic N) is 2. The first kappa shape index (κ1) is 15.8. The van der Waals surface area contributed by atoms with Crippen molar-refractivity contribution in [3.63, 3.8) is 0 Å². The fraction of sp³-hybridized carbons (Fsp3) is 0.133. The van der Waals surface area contributed by atoms with Crippen molar-refractivity contribution in [2.24, 2.45) is 0 Å². The molecule has 2 heterocycles. The fourth-order valence-corrected chi connectivity index (χ4v) is 1.88. The van der Waals surface area contributed by atoms with Gasteiger partial charge in [-0.2, -0.15) is 13.2 Å². The van der Waals surface area contributed by atoms with Crippen LogP contribution in [-0.2, 0) is 6.18 Å². The summed E-state index contributed by atoms with van der Waals surface area (Å²) < 4.78 is 46.6. The Morgan fingerprint density at radius 2 is 1.79 bits per heavy atom. The summed E-state index contributed by atoms with van der Waals surface area (Å²) in [4.78, 5) is 12.0. The van der Waals surface area contributed by atoms with Crippen molar-refractivity contribution in [2.75, 3.05) is 5.32 Å². The second-order valence-electron chi connectivity index (χ2n) is 4.97. The molecule has 0 unspecified atom stereocenters. The van der Waals surface area contributed by atoms with Gasteiger partial charge in [0.25, 0.3) is 5.91 Å². The van der Waals surface area contributed by atoms with Gasteiger partial charge in [-0.1, -0.05) is 40.1 Å². The summed E-state index contributed by atoms with van der Waals surface area (Å²) in [5.74, 6) is -1.41. The van der Waals surface area contributed by atoms with Crippen LogP contribution >= 0.6 is 0 Å². The highest BCUT2D eigenvalue weighted by Gasteiger charge is 2.35. The molecular weight excluding hydrogens is 327 g/mol. The van der Waals surface area contributed by atoms with Crippen LogP contribution in [0.1, 0.15) is 21.8 Å². The van der Waals surface area contributed by atoms with E-state index in [9.17, 15) is 18.0 Å². The molecule has 0 atom stereocenters. The van der Waals surface area contributed by atoms with Crippen LogP contribution in [0.15, 0.2) is 45.4 Å².